The number of aromatic nitrogens is 1. The summed E-state index contributed by atoms with van der Waals surface area (Å²) in [5.74, 6) is 0. The Morgan fingerprint density at radius 3 is 2.47 bits per heavy atom. The van der Waals surface area contributed by atoms with Gasteiger partial charge in [0.2, 0.25) is 0 Å². The fourth-order valence-corrected chi connectivity index (χ4v) is 3.12. The van der Waals surface area contributed by atoms with Crippen molar-refractivity contribution >= 4 is 0 Å². The lowest BCUT2D eigenvalue weighted by Gasteiger charge is -2.26. The van der Waals surface area contributed by atoms with Gasteiger partial charge in [0.05, 0.1) is 0 Å². The molecule has 1 aromatic rings. The molecule has 0 aliphatic carbocycles. The second-order valence-corrected chi connectivity index (χ2v) is 5.67. The van der Waals surface area contributed by atoms with Gasteiger partial charge in [-0.1, -0.05) is 20.3 Å². The smallest absolute Gasteiger partial charge is 0.0470 e. The summed E-state index contributed by atoms with van der Waals surface area (Å²) in [5, 5.41) is 0. The second-order valence-electron chi connectivity index (χ2n) is 5.67. The van der Waals surface area contributed by atoms with Gasteiger partial charge >= 0.3 is 0 Å². The highest BCUT2D eigenvalue weighted by molar-refractivity contribution is 5.16. The van der Waals surface area contributed by atoms with Crippen LogP contribution in [0.3, 0.4) is 0 Å². The third-order valence-electron chi connectivity index (χ3n) is 4.42. The zero-order valence-electron chi connectivity index (χ0n) is 12.8. The molecule has 0 bridgehead atoms. The Balaban J connectivity index is 1.94. The lowest BCUT2D eigenvalue weighted by atomic mass is 10.1. The van der Waals surface area contributed by atoms with Crippen LogP contribution in [0, 0.1) is 0 Å². The number of hydrogen-bond acceptors (Lipinski definition) is 2. The first-order valence-corrected chi connectivity index (χ1v) is 7.88. The molecule has 0 radical (unpaired) electrons. The van der Waals surface area contributed by atoms with E-state index in [4.69, 9.17) is 0 Å². The van der Waals surface area contributed by atoms with Gasteiger partial charge < -0.3 is 4.98 Å². The van der Waals surface area contributed by atoms with Crippen LogP contribution in [0.15, 0.2) is 12.1 Å². The van der Waals surface area contributed by atoms with E-state index in [1.54, 1.807) is 0 Å². The summed E-state index contributed by atoms with van der Waals surface area (Å²) >= 11 is 0. The van der Waals surface area contributed by atoms with Crippen LogP contribution in [0.4, 0.5) is 0 Å². The number of rotatable bonds is 6. The zero-order valence-corrected chi connectivity index (χ0v) is 12.8. The fourth-order valence-electron chi connectivity index (χ4n) is 3.12. The molecule has 3 heteroatoms. The largest absolute Gasteiger partial charge is 0.360 e. The summed E-state index contributed by atoms with van der Waals surface area (Å²) in [6, 6.07) is 5.02. The van der Waals surface area contributed by atoms with Crippen LogP contribution in [0.1, 0.15) is 57.5 Å². The van der Waals surface area contributed by atoms with Gasteiger partial charge in [-0.15, -0.1) is 0 Å². The molecule has 1 aliphatic heterocycles. The Hall–Kier alpha value is -0.800. The molecule has 0 aromatic carbocycles. The molecule has 108 valence electrons. The van der Waals surface area contributed by atoms with E-state index in [0.717, 1.165) is 19.6 Å². The van der Waals surface area contributed by atoms with Gasteiger partial charge in [-0.25, -0.2) is 0 Å². The SMILES string of the molecule is CCN(CC)C(C)c1ccc(CN2CCCCC2)[nH]1. The summed E-state index contributed by atoms with van der Waals surface area (Å²) in [6.07, 6.45) is 4.14. The maximum atomic E-state index is 3.63. The third-order valence-corrected chi connectivity index (χ3v) is 4.42. The Bertz CT molecular complexity index is 362. The first-order valence-electron chi connectivity index (χ1n) is 7.88. The number of likely N-dealkylation sites (tertiary alicyclic amines) is 1. The first-order chi connectivity index (χ1) is 9.24. The Morgan fingerprint density at radius 2 is 1.84 bits per heavy atom. The molecule has 1 aromatic heterocycles. The van der Waals surface area contributed by atoms with Gasteiger partial charge in [0.15, 0.2) is 0 Å². The molecule has 1 N–H and O–H groups in total. The van der Waals surface area contributed by atoms with Gasteiger partial charge in [0.1, 0.15) is 0 Å². The molecule has 1 aliphatic rings. The Labute approximate surface area is 118 Å². The number of nitrogens with zero attached hydrogens (tertiary/aromatic N) is 2. The summed E-state index contributed by atoms with van der Waals surface area (Å²) in [4.78, 5) is 8.68. The van der Waals surface area contributed by atoms with E-state index < -0.39 is 0 Å². The molecule has 1 saturated heterocycles. The molecular weight excluding hydrogens is 234 g/mol. The van der Waals surface area contributed by atoms with Gasteiger partial charge in [-0.2, -0.15) is 0 Å². The van der Waals surface area contributed by atoms with E-state index in [2.05, 4.69) is 47.7 Å². The molecular formula is C16H29N3. The fraction of sp³-hybridized carbons (Fsp3) is 0.750. The van der Waals surface area contributed by atoms with E-state index in [9.17, 15) is 0 Å². The van der Waals surface area contributed by atoms with Gasteiger partial charge in [0.25, 0.3) is 0 Å². The van der Waals surface area contributed by atoms with E-state index in [1.165, 1.54) is 43.7 Å². The minimum absolute atomic E-state index is 0.491. The molecule has 2 rings (SSSR count). The van der Waals surface area contributed by atoms with E-state index in [-0.39, 0.29) is 0 Å². The Kier molecular flexibility index (Phi) is 5.46. The van der Waals surface area contributed by atoms with E-state index >= 15 is 0 Å². The van der Waals surface area contributed by atoms with Crippen molar-refractivity contribution < 1.29 is 0 Å². The van der Waals surface area contributed by atoms with Crippen LogP contribution in [0.5, 0.6) is 0 Å². The molecule has 0 amide bonds. The summed E-state index contributed by atoms with van der Waals surface area (Å²) in [5.41, 5.74) is 2.73. The van der Waals surface area contributed by atoms with Gasteiger partial charge in [0, 0.05) is 24.0 Å². The topological polar surface area (TPSA) is 22.3 Å². The number of piperidine rings is 1. The van der Waals surface area contributed by atoms with Crippen molar-refractivity contribution in [3.05, 3.63) is 23.5 Å². The molecule has 3 nitrogen and oxygen atoms in total. The van der Waals surface area contributed by atoms with Gasteiger partial charge in [-0.3, -0.25) is 9.80 Å². The van der Waals surface area contributed by atoms with Crippen LogP contribution < -0.4 is 0 Å². The van der Waals surface area contributed by atoms with Crippen LogP contribution >= 0.6 is 0 Å². The standard InChI is InChI=1S/C16H29N3/c1-4-19(5-2)14(3)16-10-9-15(17-16)13-18-11-7-6-8-12-18/h9-10,14,17H,4-8,11-13H2,1-3H3. The third kappa shape index (κ3) is 3.83. The maximum absolute atomic E-state index is 3.63. The van der Waals surface area contributed by atoms with Crippen molar-refractivity contribution in [1.29, 1.82) is 0 Å². The van der Waals surface area contributed by atoms with Crippen molar-refractivity contribution in [2.45, 2.75) is 52.6 Å². The predicted molar refractivity (Wildman–Crippen MR) is 81.3 cm³/mol. The normalized spacial score (nSPS) is 18.9. The highest BCUT2D eigenvalue weighted by atomic mass is 15.2. The average molecular weight is 263 g/mol. The van der Waals surface area contributed by atoms with Crippen LogP contribution in [-0.4, -0.2) is 41.0 Å². The summed E-state index contributed by atoms with van der Waals surface area (Å²) in [7, 11) is 0. The molecule has 1 unspecified atom stereocenters. The molecule has 1 atom stereocenters. The molecule has 19 heavy (non-hydrogen) atoms. The van der Waals surface area contributed by atoms with E-state index in [1.807, 2.05) is 0 Å². The Morgan fingerprint density at radius 1 is 1.16 bits per heavy atom. The maximum Gasteiger partial charge on any atom is 0.0470 e. The lowest BCUT2D eigenvalue weighted by molar-refractivity contribution is 0.216. The van der Waals surface area contributed by atoms with Crippen LogP contribution in [0.25, 0.3) is 0 Å². The monoisotopic (exact) mass is 263 g/mol. The van der Waals surface area contributed by atoms with Crippen molar-refractivity contribution in [2.75, 3.05) is 26.2 Å². The lowest BCUT2D eigenvalue weighted by Crippen LogP contribution is -2.29. The number of H-pyrrole nitrogens is 1. The quantitative estimate of drug-likeness (QED) is 0.850. The average Bonchev–Trinajstić information content (AvgIpc) is 2.89. The summed E-state index contributed by atoms with van der Waals surface area (Å²) in [6.45, 7) is 12.6. The number of hydrogen-bond donors (Lipinski definition) is 1. The molecule has 2 heterocycles. The van der Waals surface area contributed by atoms with Gasteiger partial charge in [-0.05, 0) is 58.1 Å². The minimum atomic E-state index is 0.491. The number of nitrogens with one attached hydrogen (secondary N) is 1. The van der Waals surface area contributed by atoms with Crippen molar-refractivity contribution in [3.8, 4) is 0 Å². The zero-order chi connectivity index (χ0) is 13.7. The van der Waals surface area contributed by atoms with Crippen LogP contribution in [0.2, 0.25) is 0 Å². The summed E-state index contributed by atoms with van der Waals surface area (Å²) < 4.78 is 0. The highest BCUT2D eigenvalue weighted by Gasteiger charge is 2.15. The highest BCUT2D eigenvalue weighted by Crippen LogP contribution is 2.20. The molecule has 0 spiro atoms. The minimum Gasteiger partial charge on any atom is -0.360 e. The predicted octanol–water partition coefficient (Wildman–Crippen LogP) is 3.40. The van der Waals surface area contributed by atoms with Crippen molar-refractivity contribution in [1.82, 2.24) is 14.8 Å². The van der Waals surface area contributed by atoms with Crippen molar-refractivity contribution in [2.24, 2.45) is 0 Å². The molecule has 1 fully saturated rings. The first kappa shape index (κ1) is 14.6. The molecule has 0 saturated carbocycles. The van der Waals surface area contributed by atoms with E-state index in [0.29, 0.717) is 6.04 Å². The second kappa shape index (κ2) is 7.11. The number of aromatic amines is 1. The van der Waals surface area contributed by atoms with Crippen molar-refractivity contribution in [3.63, 3.8) is 0 Å². The van der Waals surface area contributed by atoms with Crippen LogP contribution in [-0.2, 0) is 6.54 Å².